The number of aryl methyl sites for hydroxylation is 1. The number of benzene rings is 1. The van der Waals surface area contributed by atoms with Gasteiger partial charge in [0.1, 0.15) is 0 Å². The van der Waals surface area contributed by atoms with Gasteiger partial charge in [-0.05, 0) is 43.1 Å². The number of carbonyl (C=O) groups is 2. The Morgan fingerprint density at radius 3 is 2.78 bits per heavy atom. The summed E-state index contributed by atoms with van der Waals surface area (Å²) in [6.07, 6.45) is 0.469. The summed E-state index contributed by atoms with van der Waals surface area (Å²) in [6.45, 7) is 2.92. The minimum absolute atomic E-state index is 0.0524. The Morgan fingerprint density at radius 1 is 1.56 bits per heavy atom. The van der Waals surface area contributed by atoms with E-state index in [2.05, 4.69) is 0 Å². The molecule has 1 aromatic carbocycles. The normalized spacial score (nSPS) is 19.3. The molecule has 0 bridgehead atoms. The maximum atomic E-state index is 11.9. The van der Waals surface area contributed by atoms with Crippen LogP contribution in [0.3, 0.4) is 0 Å². The Hall–Kier alpha value is -1.88. The van der Waals surface area contributed by atoms with Gasteiger partial charge in [0.25, 0.3) is 0 Å². The van der Waals surface area contributed by atoms with Crippen molar-refractivity contribution in [1.29, 1.82) is 0 Å². The summed E-state index contributed by atoms with van der Waals surface area (Å²) in [5.74, 6) is -0.718. The lowest BCUT2D eigenvalue weighted by molar-refractivity contribution is -0.117. The fraction of sp³-hybridized carbons (Fsp3) is 0.385. The van der Waals surface area contributed by atoms with Gasteiger partial charge in [-0.15, -0.1) is 0 Å². The van der Waals surface area contributed by atoms with E-state index in [0.29, 0.717) is 19.5 Å². The van der Waals surface area contributed by atoms with E-state index in [4.69, 9.17) is 10.8 Å². The molecule has 0 saturated carbocycles. The molecule has 1 unspecified atom stereocenters. The van der Waals surface area contributed by atoms with E-state index in [1.54, 1.807) is 17.0 Å². The summed E-state index contributed by atoms with van der Waals surface area (Å²) in [5.41, 5.74) is 7.39. The second-order valence-electron chi connectivity index (χ2n) is 4.62. The molecular formula is C13H16N2O3. The second-order valence-corrected chi connectivity index (χ2v) is 4.62. The average molecular weight is 248 g/mol. The molecule has 0 radical (unpaired) electrons. The smallest absolute Gasteiger partial charge is 0.335 e. The molecule has 1 fully saturated rings. The fourth-order valence-corrected chi connectivity index (χ4v) is 2.26. The molecule has 1 aliphatic rings. The van der Waals surface area contributed by atoms with Crippen LogP contribution >= 0.6 is 0 Å². The van der Waals surface area contributed by atoms with Crippen LogP contribution in [0.4, 0.5) is 5.69 Å². The Labute approximate surface area is 105 Å². The van der Waals surface area contributed by atoms with Crippen LogP contribution in [0.5, 0.6) is 0 Å². The number of aromatic carboxylic acids is 1. The van der Waals surface area contributed by atoms with E-state index >= 15 is 0 Å². The largest absolute Gasteiger partial charge is 0.478 e. The van der Waals surface area contributed by atoms with Crippen LogP contribution in [-0.4, -0.2) is 30.1 Å². The molecule has 1 atom stereocenters. The first-order chi connectivity index (χ1) is 8.52. The van der Waals surface area contributed by atoms with Gasteiger partial charge in [0, 0.05) is 18.7 Å². The van der Waals surface area contributed by atoms with Crippen LogP contribution in [0.1, 0.15) is 22.3 Å². The van der Waals surface area contributed by atoms with E-state index in [9.17, 15) is 9.59 Å². The Morgan fingerprint density at radius 2 is 2.28 bits per heavy atom. The number of anilines is 1. The van der Waals surface area contributed by atoms with E-state index in [-0.39, 0.29) is 17.4 Å². The van der Waals surface area contributed by atoms with Gasteiger partial charge in [0.05, 0.1) is 5.56 Å². The first kappa shape index (κ1) is 12.6. The third-order valence-corrected chi connectivity index (χ3v) is 3.27. The first-order valence-electron chi connectivity index (χ1n) is 5.87. The summed E-state index contributed by atoms with van der Waals surface area (Å²) in [6, 6.07) is 4.80. The highest BCUT2D eigenvalue weighted by molar-refractivity contribution is 5.97. The summed E-state index contributed by atoms with van der Waals surface area (Å²) < 4.78 is 0. The van der Waals surface area contributed by atoms with Crippen molar-refractivity contribution in [3.05, 3.63) is 29.3 Å². The minimum atomic E-state index is -0.961. The fourth-order valence-electron chi connectivity index (χ4n) is 2.26. The highest BCUT2D eigenvalue weighted by Gasteiger charge is 2.30. The Kier molecular flexibility index (Phi) is 3.34. The molecule has 5 heteroatoms. The van der Waals surface area contributed by atoms with Gasteiger partial charge in [-0.25, -0.2) is 4.79 Å². The molecule has 2 rings (SSSR count). The van der Waals surface area contributed by atoms with Crippen molar-refractivity contribution in [2.24, 2.45) is 11.7 Å². The van der Waals surface area contributed by atoms with Gasteiger partial charge in [0.15, 0.2) is 0 Å². The van der Waals surface area contributed by atoms with Gasteiger partial charge < -0.3 is 15.7 Å². The zero-order valence-corrected chi connectivity index (χ0v) is 10.2. The number of hydrogen-bond acceptors (Lipinski definition) is 3. The number of carboxylic acids is 1. The maximum absolute atomic E-state index is 11.9. The number of carboxylic acid groups (broad SMARTS) is 1. The van der Waals surface area contributed by atoms with Crippen LogP contribution in [-0.2, 0) is 4.79 Å². The maximum Gasteiger partial charge on any atom is 0.335 e. The molecule has 5 nitrogen and oxygen atoms in total. The van der Waals surface area contributed by atoms with Crippen molar-refractivity contribution in [3.63, 3.8) is 0 Å². The third kappa shape index (κ3) is 2.22. The lowest BCUT2D eigenvalue weighted by atomic mass is 10.1. The summed E-state index contributed by atoms with van der Waals surface area (Å²) in [5, 5.41) is 8.90. The zero-order valence-electron chi connectivity index (χ0n) is 10.2. The van der Waals surface area contributed by atoms with Gasteiger partial charge in [-0.3, -0.25) is 4.79 Å². The molecule has 0 spiro atoms. The third-order valence-electron chi connectivity index (χ3n) is 3.27. The molecule has 1 amide bonds. The Bertz CT molecular complexity index is 499. The van der Waals surface area contributed by atoms with E-state index in [1.165, 1.54) is 6.07 Å². The van der Waals surface area contributed by atoms with Gasteiger partial charge >= 0.3 is 5.97 Å². The lowest BCUT2D eigenvalue weighted by Gasteiger charge is -2.19. The van der Waals surface area contributed by atoms with Crippen LogP contribution in [0.15, 0.2) is 18.2 Å². The molecule has 1 heterocycles. The van der Waals surface area contributed by atoms with Crippen molar-refractivity contribution < 1.29 is 14.7 Å². The summed E-state index contributed by atoms with van der Waals surface area (Å²) in [7, 11) is 0. The number of hydrogen-bond donors (Lipinski definition) is 2. The first-order valence-corrected chi connectivity index (χ1v) is 5.87. The number of amides is 1. The Balaban J connectivity index is 2.29. The van der Waals surface area contributed by atoms with Crippen molar-refractivity contribution >= 4 is 17.6 Å². The van der Waals surface area contributed by atoms with Crippen molar-refractivity contribution in [3.8, 4) is 0 Å². The van der Waals surface area contributed by atoms with Crippen LogP contribution in [0.2, 0.25) is 0 Å². The van der Waals surface area contributed by atoms with Crippen molar-refractivity contribution in [2.45, 2.75) is 13.3 Å². The molecule has 1 aromatic rings. The van der Waals surface area contributed by atoms with Gasteiger partial charge in [0.2, 0.25) is 5.91 Å². The monoisotopic (exact) mass is 248 g/mol. The predicted molar refractivity (Wildman–Crippen MR) is 67.7 cm³/mol. The average Bonchev–Trinajstić information content (AvgIpc) is 2.70. The van der Waals surface area contributed by atoms with Crippen molar-refractivity contribution in [1.82, 2.24) is 0 Å². The summed E-state index contributed by atoms with van der Waals surface area (Å²) in [4.78, 5) is 24.4. The molecule has 1 saturated heterocycles. The molecule has 18 heavy (non-hydrogen) atoms. The minimum Gasteiger partial charge on any atom is -0.478 e. The highest BCUT2D eigenvalue weighted by Crippen LogP contribution is 2.28. The van der Waals surface area contributed by atoms with Gasteiger partial charge in [-0.2, -0.15) is 0 Å². The SMILES string of the molecule is Cc1cc(C(=O)O)ccc1N1CC(CN)CC1=O. The van der Waals surface area contributed by atoms with Crippen LogP contribution in [0, 0.1) is 12.8 Å². The number of nitrogens with zero attached hydrogens (tertiary/aromatic N) is 1. The molecule has 0 aromatic heterocycles. The second kappa shape index (κ2) is 4.78. The topological polar surface area (TPSA) is 83.6 Å². The molecule has 96 valence electrons. The summed E-state index contributed by atoms with van der Waals surface area (Å²) >= 11 is 0. The molecule has 3 N–H and O–H groups in total. The molecular weight excluding hydrogens is 232 g/mol. The van der Waals surface area contributed by atoms with Gasteiger partial charge in [-0.1, -0.05) is 0 Å². The molecule has 0 aliphatic carbocycles. The zero-order chi connectivity index (χ0) is 13.3. The lowest BCUT2D eigenvalue weighted by Crippen LogP contribution is -2.26. The number of carbonyl (C=O) groups excluding carboxylic acids is 1. The van der Waals surface area contributed by atoms with Crippen molar-refractivity contribution in [2.75, 3.05) is 18.0 Å². The van der Waals surface area contributed by atoms with E-state index in [0.717, 1.165) is 11.3 Å². The van der Waals surface area contributed by atoms with E-state index < -0.39 is 5.97 Å². The van der Waals surface area contributed by atoms with Crippen LogP contribution < -0.4 is 10.6 Å². The standard InChI is InChI=1S/C13H16N2O3/c1-8-4-10(13(17)18)2-3-11(8)15-7-9(6-14)5-12(15)16/h2-4,9H,5-7,14H2,1H3,(H,17,18). The quantitative estimate of drug-likeness (QED) is 0.836. The van der Waals surface area contributed by atoms with E-state index in [1.807, 2.05) is 6.92 Å². The predicted octanol–water partition coefficient (Wildman–Crippen LogP) is 1.00. The number of nitrogens with two attached hydrogens (primary N) is 1. The highest BCUT2D eigenvalue weighted by atomic mass is 16.4. The molecule has 1 aliphatic heterocycles. The van der Waals surface area contributed by atoms with Crippen LogP contribution in [0.25, 0.3) is 0 Å². The number of rotatable bonds is 3.